The van der Waals surface area contributed by atoms with Gasteiger partial charge in [0.05, 0.1) is 16.8 Å². The van der Waals surface area contributed by atoms with E-state index in [1.54, 1.807) is 0 Å². The maximum atomic E-state index is 12.8. The van der Waals surface area contributed by atoms with Crippen LogP contribution in [0, 0.1) is 5.82 Å². The van der Waals surface area contributed by atoms with Crippen LogP contribution in [0.3, 0.4) is 0 Å². The zero-order valence-electron chi connectivity index (χ0n) is 12.7. The number of hydrogen-bond donors (Lipinski definition) is 1. The molecule has 0 atom stereocenters. The van der Waals surface area contributed by atoms with E-state index in [4.69, 9.17) is 15.7 Å². The van der Waals surface area contributed by atoms with Gasteiger partial charge in [0.1, 0.15) is 17.5 Å². The van der Waals surface area contributed by atoms with Crippen LogP contribution in [0.15, 0.2) is 30.6 Å². The van der Waals surface area contributed by atoms with Gasteiger partial charge in [-0.25, -0.2) is 14.4 Å². The fourth-order valence-corrected chi connectivity index (χ4v) is 1.64. The van der Waals surface area contributed by atoms with E-state index < -0.39 is 24.9 Å². The maximum absolute atomic E-state index is 12.8. The summed E-state index contributed by atoms with van der Waals surface area (Å²) in [5.41, 5.74) is 0.0374. The van der Waals surface area contributed by atoms with Crippen molar-refractivity contribution >= 4 is 29.0 Å². The predicted octanol–water partition coefficient (Wildman–Crippen LogP) is 3.61. The van der Waals surface area contributed by atoms with Crippen LogP contribution in [0.1, 0.15) is 27.7 Å². The molecule has 0 amide bonds. The monoisotopic (exact) mass is 282 g/mol. The van der Waals surface area contributed by atoms with Gasteiger partial charge in [0.2, 0.25) is 0 Å². The highest BCUT2D eigenvalue weighted by Crippen LogP contribution is 2.21. The minimum atomic E-state index is -2.37. The summed E-state index contributed by atoms with van der Waals surface area (Å²) in [6, 6.07) is 4.02. The van der Waals surface area contributed by atoms with Crippen molar-refractivity contribution in [3.8, 4) is 0 Å². The molecular weight excluding hydrogens is 269 g/mol. The van der Waals surface area contributed by atoms with Crippen LogP contribution in [-0.4, -0.2) is 15.8 Å². The molecule has 2 rings (SSSR count). The molecule has 0 spiro atoms. The number of rotatable bonds is 4. The number of nitrogens with one attached hydrogen (secondary N) is 1. The standard InChI is InChI=1S/C13H11ClFN3O/c1-2-11(19)9-7-17-13(5-10(9)14)18-12-4-3-8(15)6-16-12/h3-7H,2H2,1H3,(H,16,17,18)/i1D3. The molecule has 0 saturated carbocycles. The Morgan fingerprint density at radius 1 is 1.42 bits per heavy atom. The van der Waals surface area contributed by atoms with Gasteiger partial charge in [-0.2, -0.15) is 0 Å². The van der Waals surface area contributed by atoms with Crippen LogP contribution >= 0.6 is 11.6 Å². The second-order valence-corrected chi connectivity index (χ2v) is 4.04. The molecule has 0 saturated heterocycles. The molecule has 0 fully saturated rings. The molecule has 2 aromatic heterocycles. The van der Waals surface area contributed by atoms with Gasteiger partial charge in [0.15, 0.2) is 5.78 Å². The van der Waals surface area contributed by atoms with Gasteiger partial charge in [0.25, 0.3) is 0 Å². The molecule has 0 radical (unpaired) electrons. The summed E-state index contributed by atoms with van der Waals surface area (Å²) < 4.78 is 34.0. The summed E-state index contributed by atoms with van der Waals surface area (Å²) in [6.07, 6.45) is 1.63. The zero-order valence-corrected chi connectivity index (χ0v) is 10.4. The molecule has 2 aromatic rings. The Morgan fingerprint density at radius 3 is 2.84 bits per heavy atom. The average molecular weight is 283 g/mol. The summed E-state index contributed by atoms with van der Waals surface area (Å²) >= 11 is 5.98. The third kappa shape index (κ3) is 3.26. The summed E-state index contributed by atoms with van der Waals surface area (Å²) in [5, 5.41) is 2.87. The van der Waals surface area contributed by atoms with Crippen molar-refractivity contribution < 1.29 is 13.3 Å². The zero-order chi connectivity index (χ0) is 16.3. The van der Waals surface area contributed by atoms with Crippen LogP contribution < -0.4 is 5.32 Å². The van der Waals surface area contributed by atoms with Crippen molar-refractivity contribution in [2.24, 2.45) is 0 Å². The van der Waals surface area contributed by atoms with E-state index >= 15 is 0 Å². The van der Waals surface area contributed by atoms with Crippen molar-refractivity contribution in [2.45, 2.75) is 13.3 Å². The van der Waals surface area contributed by atoms with Crippen molar-refractivity contribution in [1.82, 2.24) is 9.97 Å². The van der Waals surface area contributed by atoms with Gasteiger partial charge in [-0.05, 0) is 12.1 Å². The van der Waals surface area contributed by atoms with Crippen molar-refractivity contribution in [3.63, 3.8) is 0 Å². The van der Waals surface area contributed by atoms with Gasteiger partial charge in [-0.1, -0.05) is 18.5 Å². The lowest BCUT2D eigenvalue weighted by atomic mass is 10.1. The third-order valence-corrected chi connectivity index (χ3v) is 2.61. The molecule has 0 aliphatic heterocycles. The third-order valence-electron chi connectivity index (χ3n) is 2.30. The number of anilines is 2. The SMILES string of the molecule is [2H]C([2H])([2H])CC(=O)c1cnc(Nc2ccc(F)cn2)cc1Cl. The minimum Gasteiger partial charge on any atom is -0.325 e. The number of aromatic nitrogens is 2. The second kappa shape index (κ2) is 5.75. The Morgan fingerprint density at radius 2 is 2.21 bits per heavy atom. The van der Waals surface area contributed by atoms with E-state index in [2.05, 4.69) is 15.3 Å². The smallest absolute Gasteiger partial charge is 0.165 e. The Bertz CT molecular complexity index is 692. The lowest BCUT2D eigenvalue weighted by Crippen LogP contribution is -2.01. The normalized spacial score (nSPS) is 13.3. The molecule has 0 aliphatic carbocycles. The summed E-state index contributed by atoms with van der Waals surface area (Å²) in [4.78, 5) is 19.6. The lowest BCUT2D eigenvalue weighted by molar-refractivity contribution is 0.0988. The maximum Gasteiger partial charge on any atom is 0.165 e. The summed E-state index contributed by atoms with van der Waals surface area (Å²) in [6.45, 7) is -2.37. The molecule has 1 N–H and O–H groups in total. The highest BCUT2D eigenvalue weighted by molar-refractivity contribution is 6.34. The number of Topliss-reactive ketones (excluding diaryl/α,β-unsaturated/α-hetero) is 1. The molecule has 19 heavy (non-hydrogen) atoms. The van der Waals surface area contributed by atoms with Crippen LogP contribution in [-0.2, 0) is 0 Å². The van der Waals surface area contributed by atoms with E-state index in [-0.39, 0.29) is 10.6 Å². The number of carbonyl (C=O) groups is 1. The van der Waals surface area contributed by atoms with Gasteiger partial charge < -0.3 is 5.32 Å². The predicted molar refractivity (Wildman–Crippen MR) is 71.3 cm³/mol. The number of nitrogens with zero attached hydrogens (tertiary/aromatic N) is 2. The second-order valence-electron chi connectivity index (χ2n) is 3.64. The number of ketones is 1. The Balaban J connectivity index is 2.15. The largest absolute Gasteiger partial charge is 0.325 e. The fraction of sp³-hybridized carbons (Fsp3) is 0.154. The molecule has 4 nitrogen and oxygen atoms in total. The van der Waals surface area contributed by atoms with Crippen LogP contribution in [0.5, 0.6) is 0 Å². The lowest BCUT2D eigenvalue weighted by Gasteiger charge is -2.07. The highest BCUT2D eigenvalue weighted by atomic mass is 35.5. The Kier molecular flexibility index (Phi) is 2.99. The van der Waals surface area contributed by atoms with E-state index in [0.717, 1.165) is 6.20 Å². The molecular formula is C13H11ClFN3O. The molecule has 0 unspecified atom stereocenters. The summed E-state index contributed by atoms with van der Waals surface area (Å²) in [5.74, 6) is -0.424. The first-order valence-electron chi connectivity index (χ1n) is 6.82. The van der Waals surface area contributed by atoms with Crippen molar-refractivity contribution in [2.75, 3.05) is 5.32 Å². The van der Waals surface area contributed by atoms with E-state index in [1.165, 1.54) is 24.4 Å². The van der Waals surface area contributed by atoms with E-state index in [1.807, 2.05) is 0 Å². The first kappa shape index (κ1) is 9.86. The van der Waals surface area contributed by atoms with E-state index in [9.17, 15) is 9.18 Å². The Hall–Kier alpha value is -2.01. The van der Waals surface area contributed by atoms with E-state index in [0.29, 0.717) is 11.6 Å². The van der Waals surface area contributed by atoms with Gasteiger partial charge >= 0.3 is 0 Å². The molecule has 0 aromatic carbocycles. The topological polar surface area (TPSA) is 54.9 Å². The fourth-order valence-electron chi connectivity index (χ4n) is 1.38. The van der Waals surface area contributed by atoms with Gasteiger partial charge in [-0.3, -0.25) is 4.79 Å². The quantitative estimate of drug-likeness (QED) is 0.871. The average Bonchev–Trinajstić information content (AvgIpc) is 2.39. The molecule has 6 heteroatoms. The first-order valence-corrected chi connectivity index (χ1v) is 5.70. The highest BCUT2D eigenvalue weighted by Gasteiger charge is 2.10. The molecule has 2 heterocycles. The number of hydrogen-bond acceptors (Lipinski definition) is 4. The summed E-state index contributed by atoms with van der Waals surface area (Å²) in [7, 11) is 0. The minimum absolute atomic E-state index is 0.0374. The molecule has 98 valence electrons. The number of pyridine rings is 2. The Labute approximate surface area is 118 Å². The molecule has 0 aliphatic rings. The number of halogens is 2. The van der Waals surface area contributed by atoms with Gasteiger partial charge in [0, 0.05) is 22.8 Å². The van der Waals surface area contributed by atoms with Crippen LogP contribution in [0.25, 0.3) is 0 Å². The van der Waals surface area contributed by atoms with Crippen LogP contribution in [0.4, 0.5) is 16.0 Å². The molecule has 0 bridgehead atoms. The van der Waals surface area contributed by atoms with Crippen LogP contribution in [0.2, 0.25) is 5.02 Å². The van der Waals surface area contributed by atoms with Crippen molar-refractivity contribution in [1.29, 1.82) is 0 Å². The first-order chi connectivity index (χ1) is 10.2. The van der Waals surface area contributed by atoms with Gasteiger partial charge in [-0.15, -0.1) is 0 Å². The van der Waals surface area contributed by atoms with Crippen molar-refractivity contribution in [3.05, 3.63) is 47.0 Å². The number of carbonyl (C=O) groups excluding carboxylic acids is 1.